The lowest BCUT2D eigenvalue weighted by molar-refractivity contribution is 0.568. The molecule has 0 amide bonds. The molecule has 0 unspecified atom stereocenters. The molecule has 1 heterocycles. The smallest absolute Gasteiger partial charge is 0.103 e. The fourth-order valence-corrected chi connectivity index (χ4v) is 3.08. The summed E-state index contributed by atoms with van der Waals surface area (Å²) >= 11 is 0. The van der Waals surface area contributed by atoms with Crippen molar-refractivity contribution < 1.29 is 0 Å². The first-order valence-corrected chi connectivity index (χ1v) is 7.41. The number of nitriles is 1. The van der Waals surface area contributed by atoms with Crippen LogP contribution >= 0.6 is 0 Å². The van der Waals surface area contributed by atoms with Crippen LogP contribution in [0.2, 0.25) is 0 Å². The zero-order valence-corrected chi connectivity index (χ0v) is 11.3. The van der Waals surface area contributed by atoms with Gasteiger partial charge < -0.3 is 5.32 Å². The van der Waals surface area contributed by atoms with Crippen LogP contribution in [0, 0.1) is 23.2 Å². The number of aromatic nitrogens is 1. The monoisotopic (exact) mass is 263 g/mol. The summed E-state index contributed by atoms with van der Waals surface area (Å²) in [6, 6.07) is 10.9. The number of hydrogen-bond donors (Lipinski definition) is 1. The van der Waals surface area contributed by atoms with Gasteiger partial charge in [-0.05, 0) is 43.6 Å². The van der Waals surface area contributed by atoms with Crippen molar-refractivity contribution in [2.75, 3.05) is 5.32 Å². The standard InChI is InChI=1S/C17H17N3/c18-9-13-10-19-15-4-2-1-3-14(15)17(13)20-16(11-5-6-11)12-7-8-12/h1-4,10-12,16H,5-8H2,(H,19,20). The molecule has 1 aromatic heterocycles. The fraction of sp³-hybridized carbons (Fsp3) is 0.412. The maximum Gasteiger partial charge on any atom is 0.103 e. The summed E-state index contributed by atoms with van der Waals surface area (Å²) in [6.07, 6.45) is 7.03. The first-order chi connectivity index (χ1) is 9.86. The molecule has 1 aromatic carbocycles. The van der Waals surface area contributed by atoms with Gasteiger partial charge in [0.15, 0.2) is 0 Å². The highest BCUT2D eigenvalue weighted by Crippen LogP contribution is 2.46. The Bertz CT molecular complexity index is 681. The van der Waals surface area contributed by atoms with Gasteiger partial charge in [-0.1, -0.05) is 18.2 Å². The lowest BCUT2D eigenvalue weighted by Crippen LogP contribution is -2.25. The highest BCUT2D eigenvalue weighted by atomic mass is 15.0. The third-order valence-electron chi connectivity index (χ3n) is 4.47. The van der Waals surface area contributed by atoms with Gasteiger partial charge in [0.1, 0.15) is 6.07 Å². The first-order valence-electron chi connectivity index (χ1n) is 7.41. The molecule has 0 saturated heterocycles. The van der Waals surface area contributed by atoms with E-state index < -0.39 is 0 Å². The zero-order chi connectivity index (χ0) is 13.5. The van der Waals surface area contributed by atoms with Crippen LogP contribution in [0.15, 0.2) is 30.5 Å². The van der Waals surface area contributed by atoms with Gasteiger partial charge in [-0.25, -0.2) is 0 Å². The molecule has 2 aromatic rings. The zero-order valence-electron chi connectivity index (χ0n) is 11.3. The Morgan fingerprint density at radius 1 is 1.15 bits per heavy atom. The minimum absolute atomic E-state index is 0.549. The average molecular weight is 263 g/mol. The number of hydrogen-bond acceptors (Lipinski definition) is 3. The van der Waals surface area contributed by atoms with Crippen molar-refractivity contribution in [3.63, 3.8) is 0 Å². The summed E-state index contributed by atoms with van der Waals surface area (Å²) in [6.45, 7) is 0. The largest absolute Gasteiger partial charge is 0.380 e. The lowest BCUT2D eigenvalue weighted by atomic mass is 10.0. The number of pyridine rings is 1. The molecule has 0 spiro atoms. The summed E-state index contributed by atoms with van der Waals surface area (Å²) in [4.78, 5) is 4.38. The van der Waals surface area contributed by atoms with Crippen molar-refractivity contribution in [1.29, 1.82) is 5.26 Å². The van der Waals surface area contributed by atoms with E-state index in [2.05, 4.69) is 22.4 Å². The van der Waals surface area contributed by atoms with Crippen LogP contribution in [-0.2, 0) is 0 Å². The van der Waals surface area contributed by atoms with Crippen LogP contribution in [0.25, 0.3) is 10.9 Å². The van der Waals surface area contributed by atoms with E-state index in [1.54, 1.807) is 6.20 Å². The van der Waals surface area contributed by atoms with Crippen molar-refractivity contribution in [3.8, 4) is 6.07 Å². The number of benzene rings is 1. The quantitative estimate of drug-likeness (QED) is 0.914. The van der Waals surface area contributed by atoms with Crippen LogP contribution in [0.5, 0.6) is 0 Å². The van der Waals surface area contributed by atoms with Gasteiger partial charge in [0.2, 0.25) is 0 Å². The van der Waals surface area contributed by atoms with E-state index in [9.17, 15) is 5.26 Å². The summed E-state index contributed by atoms with van der Waals surface area (Å²) < 4.78 is 0. The van der Waals surface area contributed by atoms with Gasteiger partial charge >= 0.3 is 0 Å². The number of fused-ring (bicyclic) bond motifs is 1. The van der Waals surface area contributed by atoms with E-state index in [0.717, 1.165) is 28.4 Å². The summed E-state index contributed by atoms with van der Waals surface area (Å²) in [7, 11) is 0. The van der Waals surface area contributed by atoms with Crippen molar-refractivity contribution in [2.24, 2.45) is 11.8 Å². The predicted octanol–water partition coefficient (Wildman–Crippen LogP) is 3.71. The maximum absolute atomic E-state index is 9.37. The highest BCUT2D eigenvalue weighted by molar-refractivity contribution is 5.94. The molecule has 0 radical (unpaired) electrons. The van der Waals surface area contributed by atoms with Crippen LogP contribution in [-0.4, -0.2) is 11.0 Å². The molecule has 2 aliphatic rings. The number of anilines is 1. The van der Waals surface area contributed by atoms with Gasteiger partial charge in [0, 0.05) is 17.6 Å². The molecule has 2 fully saturated rings. The summed E-state index contributed by atoms with van der Waals surface area (Å²) in [5.74, 6) is 1.61. The van der Waals surface area contributed by atoms with E-state index in [4.69, 9.17) is 0 Å². The minimum atomic E-state index is 0.549. The van der Waals surface area contributed by atoms with Crippen LogP contribution in [0.4, 0.5) is 5.69 Å². The average Bonchev–Trinajstić information content (AvgIpc) is 3.38. The van der Waals surface area contributed by atoms with Crippen LogP contribution < -0.4 is 5.32 Å². The Balaban J connectivity index is 1.78. The van der Waals surface area contributed by atoms with Crippen molar-refractivity contribution in [1.82, 2.24) is 4.98 Å². The molecule has 0 atom stereocenters. The Labute approximate surface area is 118 Å². The second-order valence-corrected chi connectivity index (χ2v) is 6.02. The minimum Gasteiger partial charge on any atom is -0.380 e. The van der Waals surface area contributed by atoms with Gasteiger partial charge in [-0.2, -0.15) is 5.26 Å². The molecule has 1 N–H and O–H groups in total. The van der Waals surface area contributed by atoms with E-state index in [1.807, 2.05) is 18.2 Å². The normalized spacial score (nSPS) is 18.2. The van der Waals surface area contributed by atoms with Crippen molar-refractivity contribution >= 4 is 16.6 Å². The number of rotatable bonds is 4. The predicted molar refractivity (Wildman–Crippen MR) is 79.3 cm³/mol. The van der Waals surface area contributed by atoms with Gasteiger partial charge in [-0.15, -0.1) is 0 Å². The SMILES string of the molecule is N#Cc1cnc2ccccc2c1NC(C1CC1)C1CC1. The first kappa shape index (κ1) is 11.7. The fourth-order valence-electron chi connectivity index (χ4n) is 3.08. The lowest BCUT2D eigenvalue weighted by Gasteiger charge is -2.21. The molecular weight excluding hydrogens is 246 g/mol. The molecule has 2 aliphatic carbocycles. The third kappa shape index (κ3) is 2.02. The molecule has 4 rings (SSSR count). The topological polar surface area (TPSA) is 48.7 Å². The van der Waals surface area contributed by atoms with E-state index >= 15 is 0 Å². The third-order valence-corrected chi connectivity index (χ3v) is 4.47. The molecule has 0 aliphatic heterocycles. The highest BCUT2D eigenvalue weighted by Gasteiger charge is 2.41. The Hall–Kier alpha value is -2.08. The second-order valence-electron chi connectivity index (χ2n) is 6.02. The van der Waals surface area contributed by atoms with Gasteiger partial charge in [-0.3, -0.25) is 4.98 Å². The van der Waals surface area contributed by atoms with E-state index in [-0.39, 0.29) is 0 Å². The Morgan fingerprint density at radius 2 is 1.85 bits per heavy atom. The second kappa shape index (κ2) is 4.49. The van der Waals surface area contributed by atoms with Crippen LogP contribution in [0.3, 0.4) is 0 Å². The van der Waals surface area contributed by atoms with Crippen molar-refractivity contribution in [3.05, 3.63) is 36.0 Å². The molecule has 3 heteroatoms. The van der Waals surface area contributed by atoms with Gasteiger partial charge in [0.05, 0.1) is 16.8 Å². The molecule has 3 nitrogen and oxygen atoms in total. The molecule has 100 valence electrons. The Morgan fingerprint density at radius 3 is 2.50 bits per heavy atom. The van der Waals surface area contributed by atoms with E-state index in [0.29, 0.717) is 11.6 Å². The molecule has 2 saturated carbocycles. The van der Waals surface area contributed by atoms with Gasteiger partial charge in [0.25, 0.3) is 0 Å². The van der Waals surface area contributed by atoms with Crippen LogP contribution in [0.1, 0.15) is 31.2 Å². The maximum atomic E-state index is 9.37. The number of nitrogens with zero attached hydrogens (tertiary/aromatic N) is 2. The molecule has 0 bridgehead atoms. The molecule has 20 heavy (non-hydrogen) atoms. The summed E-state index contributed by atoms with van der Waals surface area (Å²) in [5.41, 5.74) is 2.61. The number of nitrogens with one attached hydrogen (secondary N) is 1. The van der Waals surface area contributed by atoms with Crippen molar-refractivity contribution in [2.45, 2.75) is 31.7 Å². The molecular formula is C17H17N3. The Kier molecular flexibility index (Phi) is 2.63. The summed E-state index contributed by atoms with van der Waals surface area (Å²) in [5, 5.41) is 14.1. The van der Waals surface area contributed by atoms with E-state index in [1.165, 1.54) is 25.7 Å². The number of para-hydroxylation sites is 1.